The highest BCUT2D eigenvalue weighted by Crippen LogP contribution is 2.32. The van der Waals surface area contributed by atoms with Crippen LogP contribution in [0.5, 0.6) is 0 Å². The Morgan fingerprint density at radius 1 is 0.741 bits per heavy atom. The molecule has 0 atom stereocenters. The lowest BCUT2D eigenvalue weighted by molar-refractivity contribution is -0.134. The average molecular weight is 364 g/mol. The van der Waals surface area contributed by atoms with Gasteiger partial charge in [0.25, 0.3) is 0 Å². The van der Waals surface area contributed by atoms with E-state index in [0.29, 0.717) is 17.1 Å². The van der Waals surface area contributed by atoms with Crippen LogP contribution in [0, 0.1) is 6.92 Å². The van der Waals surface area contributed by atoms with Crippen LogP contribution in [0.25, 0.3) is 0 Å². The summed E-state index contributed by atoms with van der Waals surface area (Å²) in [5.74, 6) is -2.14. The van der Waals surface area contributed by atoms with Crippen molar-refractivity contribution in [1.29, 1.82) is 0 Å². The van der Waals surface area contributed by atoms with Crippen LogP contribution >= 0.6 is 0 Å². The van der Waals surface area contributed by atoms with E-state index in [1.165, 1.54) is 0 Å². The number of hydrogen-bond donors (Lipinski definition) is 4. The van der Waals surface area contributed by atoms with Crippen molar-refractivity contribution >= 4 is 23.3 Å². The fourth-order valence-electron chi connectivity index (χ4n) is 2.94. The topological polar surface area (TPSA) is 98.7 Å². The summed E-state index contributed by atoms with van der Waals surface area (Å²) in [6, 6.07) is 16.6. The number of para-hydroxylation sites is 1. The SMILES string of the molecule is Cc1ccc(NC2=C(C(=O)O)CC(Nc3ccccc3)=C(C(=O)O)C2)cc1. The molecule has 1 aliphatic carbocycles. The molecule has 0 aromatic heterocycles. The van der Waals surface area contributed by atoms with Crippen LogP contribution in [0.4, 0.5) is 11.4 Å². The predicted octanol–water partition coefficient (Wildman–Crippen LogP) is 3.99. The molecule has 27 heavy (non-hydrogen) atoms. The van der Waals surface area contributed by atoms with Crippen molar-refractivity contribution < 1.29 is 19.8 Å². The lowest BCUT2D eigenvalue weighted by atomic mass is 9.92. The van der Waals surface area contributed by atoms with E-state index in [0.717, 1.165) is 11.3 Å². The molecule has 0 radical (unpaired) electrons. The summed E-state index contributed by atoms with van der Waals surface area (Å²) in [5, 5.41) is 25.4. The number of anilines is 2. The Kier molecular flexibility index (Phi) is 5.26. The van der Waals surface area contributed by atoms with Crippen molar-refractivity contribution in [3.8, 4) is 0 Å². The number of benzene rings is 2. The Bertz CT molecular complexity index is 928. The number of allylic oxidation sites excluding steroid dienone is 2. The maximum atomic E-state index is 11.8. The van der Waals surface area contributed by atoms with Gasteiger partial charge in [-0.15, -0.1) is 0 Å². The Hall–Kier alpha value is -3.54. The van der Waals surface area contributed by atoms with E-state index < -0.39 is 11.9 Å². The zero-order valence-electron chi connectivity index (χ0n) is 14.8. The van der Waals surface area contributed by atoms with Crippen LogP contribution in [-0.4, -0.2) is 22.2 Å². The quantitative estimate of drug-likeness (QED) is 0.619. The lowest BCUT2D eigenvalue weighted by Crippen LogP contribution is -2.23. The van der Waals surface area contributed by atoms with E-state index in [1.54, 1.807) is 12.1 Å². The molecule has 0 saturated carbocycles. The molecule has 0 spiro atoms. The minimum Gasteiger partial charge on any atom is -0.478 e. The van der Waals surface area contributed by atoms with Gasteiger partial charge >= 0.3 is 11.9 Å². The summed E-state index contributed by atoms with van der Waals surface area (Å²) in [5.41, 5.74) is 3.60. The molecule has 138 valence electrons. The van der Waals surface area contributed by atoms with Crippen LogP contribution < -0.4 is 10.6 Å². The molecule has 1 aliphatic rings. The number of aryl methyl sites for hydroxylation is 1. The zero-order chi connectivity index (χ0) is 19.4. The second-order valence-electron chi connectivity index (χ2n) is 6.36. The maximum Gasteiger partial charge on any atom is 0.333 e. The van der Waals surface area contributed by atoms with E-state index in [1.807, 2.05) is 49.4 Å². The minimum atomic E-state index is -1.07. The standard InChI is InChI=1S/C21H20N2O4/c1-13-7-9-15(10-8-13)23-19-12-16(20(24)25)18(11-17(19)21(26)27)22-14-5-3-2-4-6-14/h2-10,22-23H,11-12H2,1H3,(H,24,25)(H,26,27). The van der Waals surface area contributed by atoms with Crippen molar-refractivity contribution in [3.05, 3.63) is 82.7 Å². The van der Waals surface area contributed by atoms with Crippen molar-refractivity contribution in [3.63, 3.8) is 0 Å². The number of carbonyl (C=O) groups is 2. The molecule has 6 nitrogen and oxygen atoms in total. The molecule has 4 N–H and O–H groups in total. The first-order chi connectivity index (χ1) is 12.9. The van der Waals surface area contributed by atoms with E-state index in [9.17, 15) is 19.8 Å². The van der Waals surface area contributed by atoms with Crippen LogP contribution in [0.2, 0.25) is 0 Å². The summed E-state index contributed by atoms with van der Waals surface area (Å²) in [4.78, 5) is 23.6. The molecule has 0 amide bonds. The fraction of sp³-hybridized carbons (Fsp3) is 0.143. The molecular weight excluding hydrogens is 344 g/mol. The summed E-state index contributed by atoms with van der Waals surface area (Å²) < 4.78 is 0. The highest BCUT2D eigenvalue weighted by atomic mass is 16.4. The summed E-state index contributed by atoms with van der Waals surface area (Å²) in [7, 11) is 0. The largest absolute Gasteiger partial charge is 0.478 e. The molecule has 0 aliphatic heterocycles. The van der Waals surface area contributed by atoms with E-state index in [2.05, 4.69) is 10.6 Å². The first-order valence-electron chi connectivity index (χ1n) is 8.50. The van der Waals surface area contributed by atoms with Gasteiger partial charge in [0.05, 0.1) is 11.1 Å². The summed E-state index contributed by atoms with van der Waals surface area (Å²) in [6.07, 6.45) is 0.0000651. The van der Waals surface area contributed by atoms with Gasteiger partial charge in [0.15, 0.2) is 0 Å². The number of hydrogen-bond acceptors (Lipinski definition) is 4. The molecule has 2 aromatic rings. The van der Waals surface area contributed by atoms with Crippen LogP contribution in [0.1, 0.15) is 18.4 Å². The molecule has 2 aromatic carbocycles. The average Bonchev–Trinajstić information content (AvgIpc) is 2.65. The van der Waals surface area contributed by atoms with E-state index in [4.69, 9.17) is 0 Å². The lowest BCUT2D eigenvalue weighted by Gasteiger charge is -2.24. The number of carboxylic acid groups (broad SMARTS) is 2. The smallest absolute Gasteiger partial charge is 0.333 e. The maximum absolute atomic E-state index is 11.8. The van der Waals surface area contributed by atoms with Gasteiger partial charge in [-0.1, -0.05) is 35.9 Å². The van der Waals surface area contributed by atoms with Crippen molar-refractivity contribution in [2.75, 3.05) is 10.6 Å². The highest BCUT2D eigenvalue weighted by Gasteiger charge is 2.28. The molecule has 0 unspecified atom stereocenters. The third-order valence-electron chi connectivity index (χ3n) is 4.37. The molecule has 0 bridgehead atoms. The van der Waals surface area contributed by atoms with Crippen molar-refractivity contribution in [2.24, 2.45) is 0 Å². The van der Waals surface area contributed by atoms with Gasteiger partial charge in [-0.25, -0.2) is 9.59 Å². The fourth-order valence-corrected chi connectivity index (χ4v) is 2.94. The van der Waals surface area contributed by atoms with Gasteiger partial charge in [-0.05, 0) is 31.2 Å². The second kappa shape index (κ2) is 7.78. The molecule has 0 saturated heterocycles. The Balaban J connectivity index is 1.92. The van der Waals surface area contributed by atoms with Crippen LogP contribution in [0.3, 0.4) is 0 Å². The molecular formula is C21H20N2O4. The van der Waals surface area contributed by atoms with Crippen LogP contribution in [-0.2, 0) is 9.59 Å². The normalized spacial score (nSPS) is 14.1. The van der Waals surface area contributed by atoms with Gasteiger partial charge in [0.2, 0.25) is 0 Å². The number of rotatable bonds is 6. The Labute approximate surface area is 156 Å². The Morgan fingerprint density at radius 3 is 1.63 bits per heavy atom. The molecule has 3 rings (SSSR count). The summed E-state index contributed by atoms with van der Waals surface area (Å²) in [6.45, 7) is 1.96. The third-order valence-corrected chi connectivity index (χ3v) is 4.37. The third kappa shape index (κ3) is 4.36. The van der Waals surface area contributed by atoms with Gasteiger partial charge in [-0.2, -0.15) is 0 Å². The molecule has 6 heteroatoms. The Morgan fingerprint density at radius 2 is 1.19 bits per heavy atom. The van der Waals surface area contributed by atoms with Crippen molar-refractivity contribution in [1.82, 2.24) is 0 Å². The summed E-state index contributed by atoms with van der Waals surface area (Å²) >= 11 is 0. The monoisotopic (exact) mass is 364 g/mol. The molecule has 0 fully saturated rings. The van der Waals surface area contributed by atoms with Gasteiger partial charge in [-0.3, -0.25) is 0 Å². The minimum absolute atomic E-state index is 0.00000992. The van der Waals surface area contributed by atoms with E-state index >= 15 is 0 Å². The van der Waals surface area contributed by atoms with Crippen LogP contribution in [0.15, 0.2) is 77.1 Å². The first kappa shape index (κ1) is 18.3. The number of carboxylic acids is 2. The first-order valence-corrected chi connectivity index (χ1v) is 8.50. The number of nitrogens with one attached hydrogen (secondary N) is 2. The van der Waals surface area contributed by atoms with Gasteiger partial charge in [0.1, 0.15) is 0 Å². The number of aliphatic carboxylic acids is 2. The molecule has 0 heterocycles. The van der Waals surface area contributed by atoms with Crippen molar-refractivity contribution in [2.45, 2.75) is 19.8 Å². The predicted molar refractivity (Wildman–Crippen MR) is 103 cm³/mol. The zero-order valence-corrected chi connectivity index (χ0v) is 14.8. The van der Waals surface area contributed by atoms with Gasteiger partial charge in [0, 0.05) is 35.6 Å². The highest BCUT2D eigenvalue weighted by molar-refractivity contribution is 5.95. The second-order valence-corrected chi connectivity index (χ2v) is 6.36. The van der Waals surface area contributed by atoms with E-state index in [-0.39, 0.29) is 24.0 Å². The van der Waals surface area contributed by atoms with Gasteiger partial charge < -0.3 is 20.8 Å².